The number of amides is 1. The lowest BCUT2D eigenvalue weighted by Crippen LogP contribution is -2.18. The summed E-state index contributed by atoms with van der Waals surface area (Å²) in [6.45, 7) is 3.36. The fourth-order valence-electron chi connectivity index (χ4n) is 1.03. The number of carbonyl (C=O) groups is 2. The first kappa shape index (κ1) is 12.2. The van der Waals surface area contributed by atoms with Crippen LogP contribution < -0.4 is 5.32 Å². The van der Waals surface area contributed by atoms with Gasteiger partial charge in [-0.2, -0.15) is 0 Å². The van der Waals surface area contributed by atoms with Gasteiger partial charge in [0.1, 0.15) is 5.82 Å². The molecule has 4 nitrogen and oxygen atoms in total. The van der Waals surface area contributed by atoms with Crippen LogP contribution in [0.2, 0.25) is 0 Å². The van der Waals surface area contributed by atoms with Gasteiger partial charge in [-0.3, -0.25) is 4.79 Å². The van der Waals surface area contributed by atoms with Gasteiger partial charge in [-0.05, 0) is 18.2 Å². The molecule has 1 aromatic rings. The van der Waals surface area contributed by atoms with Crippen molar-refractivity contribution in [3.8, 4) is 0 Å². The Morgan fingerprint density at radius 3 is 2.44 bits per heavy atom. The number of hydrogen-bond acceptors (Lipinski definition) is 2. The molecule has 0 aliphatic carbocycles. The summed E-state index contributed by atoms with van der Waals surface area (Å²) in [6, 6.07) is 3.35. The van der Waals surface area contributed by atoms with Gasteiger partial charge in [-0.25, -0.2) is 9.18 Å². The highest BCUT2D eigenvalue weighted by Crippen LogP contribution is 2.16. The molecule has 1 amide bonds. The van der Waals surface area contributed by atoms with Crippen molar-refractivity contribution in [2.45, 2.75) is 13.8 Å². The summed E-state index contributed by atoms with van der Waals surface area (Å²) in [7, 11) is 0. The van der Waals surface area contributed by atoms with Crippen LogP contribution in [0.5, 0.6) is 0 Å². The molecule has 0 unspecified atom stereocenters. The largest absolute Gasteiger partial charge is 0.478 e. The molecule has 0 radical (unpaired) electrons. The zero-order chi connectivity index (χ0) is 12.3. The minimum absolute atomic E-state index is 0.0105. The van der Waals surface area contributed by atoms with Crippen molar-refractivity contribution < 1.29 is 19.1 Å². The summed E-state index contributed by atoms with van der Waals surface area (Å²) >= 11 is 0. The minimum atomic E-state index is -1.21. The predicted molar refractivity (Wildman–Crippen MR) is 56.8 cm³/mol. The van der Waals surface area contributed by atoms with Crippen LogP contribution in [0.1, 0.15) is 24.2 Å². The van der Waals surface area contributed by atoms with E-state index in [9.17, 15) is 14.0 Å². The molecule has 0 aliphatic heterocycles. The number of rotatable bonds is 3. The topological polar surface area (TPSA) is 66.4 Å². The molecule has 0 spiro atoms. The summed E-state index contributed by atoms with van der Waals surface area (Å²) in [4.78, 5) is 21.8. The van der Waals surface area contributed by atoms with E-state index in [4.69, 9.17) is 5.11 Å². The summed E-state index contributed by atoms with van der Waals surface area (Å²) in [6.07, 6.45) is 0. The number of nitrogens with one attached hydrogen (secondary N) is 1. The Kier molecular flexibility index (Phi) is 3.60. The van der Waals surface area contributed by atoms with E-state index in [1.165, 1.54) is 12.1 Å². The Labute approximate surface area is 92.1 Å². The first-order chi connectivity index (χ1) is 7.41. The van der Waals surface area contributed by atoms with Crippen molar-refractivity contribution in [1.82, 2.24) is 0 Å². The Morgan fingerprint density at radius 1 is 1.38 bits per heavy atom. The molecule has 0 aliphatic rings. The van der Waals surface area contributed by atoms with E-state index in [-0.39, 0.29) is 23.1 Å². The quantitative estimate of drug-likeness (QED) is 0.827. The summed E-state index contributed by atoms with van der Waals surface area (Å²) in [5.74, 6) is -2.55. The monoisotopic (exact) mass is 225 g/mol. The second-order valence-electron chi connectivity index (χ2n) is 3.64. The Balaban J connectivity index is 2.91. The molecular formula is C11H12FNO3. The Hall–Kier alpha value is -1.91. The van der Waals surface area contributed by atoms with Crippen LogP contribution in [0.15, 0.2) is 18.2 Å². The highest BCUT2D eigenvalue weighted by atomic mass is 19.1. The van der Waals surface area contributed by atoms with Crippen LogP contribution in [-0.4, -0.2) is 17.0 Å². The molecule has 16 heavy (non-hydrogen) atoms. The van der Waals surface area contributed by atoms with Crippen molar-refractivity contribution in [3.63, 3.8) is 0 Å². The number of carboxylic acid groups (broad SMARTS) is 1. The van der Waals surface area contributed by atoms with Gasteiger partial charge in [0.25, 0.3) is 0 Å². The maximum atomic E-state index is 13.4. The van der Waals surface area contributed by atoms with Crippen LogP contribution in [-0.2, 0) is 4.79 Å². The maximum absolute atomic E-state index is 13.4. The summed E-state index contributed by atoms with van der Waals surface area (Å²) in [5.41, 5.74) is -0.163. The van der Waals surface area contributed by atoms with E-state index in [0.29, 0.717) is 0 Å². The van der Waals surface area contributed by atoms with Crippen LogP contribution in [0.4, 0.5) is 10.1 Å². The minimum Gasteiger partial charge on any atom is -0.478 e. The molecule has 1 rings (SSSR count). The first-order valence-electron chi connectivity index (χ1n) is 4.75. The number of carboxylic acids is 1. The predicted octanol–water partition coefficient (Wildman–Crippen LogP) is 2.12. The third-order valence-corrected chi connectivity index (χ3v) is 2.00. The smallest absolute Gasteiger partial charge is 0.335 e. The lowest BCUT2D eigenvalue weighted by molar-refractivity contribution is -0.118. The van der Waals surface area contributed by atoms with Crippen molar-refractivity contribution in [2.75, 3.05) is 5.32 Å². The van der Waals surface area contributed by atoms with Crippen LogP contribution in [0.3, 0.4) is 0 Å². The second-order valence-corrected chi connectivity index (χ2v) is 3.64. The van der Waals surface area contributed by atoms with Crippen molar-refractivity contribution in [1.29, 1.82) is 0 Å². The number of halogens is 1. The number of hydrogen-bond donors (Lipinski definition) is 2. The zero-order valence-electron chi connectivity index (χ0n) is 8.95. The van der Waals surface area contributed by atoms with E-state index in [2.05, 4.69) is 5.32 Å². The third kappa shape index (κ3) is 2.79. The number of benzene rings is 1. The molecule has 0 saturated heterocycles. The van der Waals surface area contributed by atoms with Gasteiger partial charge in [0, 0.05) is 5.92 Å². The summed E-state index contributed by atoms with van der Waals surface area (Å²) in [5, 5.41) is 11.0. The van der Waals surface area contributed by atoms with Crippen LogP contribution in [0.25, 0.3) is 0 Å². The Morgan fingerprint density at radius 2 is 2.00 bits per heavy atom. The first-order valence-corrected chi connectivity index (χ1v) is 4.75. The van der Waals surface area contributed by atoms with Gasteiger partial charge in [0.05, 0.1) is 11.3 Å². The average Bonchev–Trinajstić information content (AvgIpc) is 2.20. The molecule has 0 bridgehead atoms. The van der Waals surface area contributed by atoms with Crippen LogP contribution >= 0.6 is 0 Å². The van der Waals surface area contributed by atoms with E-state index < -0.39 is 11.8 Å². The number of carbonyl (C=O) groups excluding carboxylic acids is 1. The molecule has 86 valence electrons. The average molecular weight is 225 g/mol. The van der Waals surface area contributed by atoms with Crippen molar-refractivity contribution >= 4 is 17.6 Å². The SMILES string of the molecule is CC(C)C(=O)Nc1ccc(C(=O)O)cc1F. The highest BCUT2D eigenvalue weighted by molar-refractivity contribution is 5.93. The molecule has 0 fully saturated rings. The molecule has 1 aromatic carbocycles. The second kappa shape index (κ2) is 4.74. The Bertz CT molecular complexity index is 429. The fourth-order valence-corrected chi connectivity index (χ4v) is 1.03. The fraction of sp³-hybridized carbons (Fsp3) is 0.273. The lowest BCUT2D eigenvalue weighted by Gasteiger charge is -2.08. The highest BCUT2D eigenvalue weighted by Gasteiger charge is 2.12. The van der Waals surface area contributed by atoms with Gasteiger partial charge in [-0.1, -0.05) is 13.8 Å². The molecule has 0 heterocycles. The van der Waals surface area contributed by atoms with Gasteiger partial charge < -0.3 is 10.4 Å². The lowest BCUT2D eigenvalue weighted by atomic mass is 10.1. The van der Waals surface area contributed by atoms with Gasteiger partial charge >= 0.3 is 5.97 Å². The molecule has 2 N–H and O–H groups in total. The third-order valence-electron chi connectivity index (χ3n) is 2.00. The van der Waals surface area contributed by atoms with Crippen LogP contribution in [0, 0.1) is 11.7 Å². The zero-order valence-corrected chi connectivity index (χ0v) is 8.95. The van der Waals surface area contributed by atoms with Gasteiger partial charge in [-0.15, -0.1) is 0 Å². The number of aromatic carboxylic acids is 1. The number of anilines is 1. The normalized spacial score (nSPS) is 10.2. The molecule has 0 atom stereocenters. The standard InChI is InChI=1S/C11H12FNO3/c1-6(2)10(14)13-9-4-3-7(11(15)16)5-8(9)12/h3-6H,1-2H3,(H,13,14)(H,15,16). The van der Waals surface area contributed by atoms with E-state index in [0.717, 1.165) is 6.07 Å². The van der Waals surface area contributed by atoms with Gasteiger partial charge in [0.2, 0.25) is 5.91 Å². The van der Waals surface area contributed by atoms with Gasteiger partial charge in [0.15, 0.2) is 0 Å². The molecule has 5 heteroatoms. The maximum Gasteiger partial charge on any atom is 0.335 e. The van der Waals surface area contributed by atoms with E-state index >= 15 is 0 Å². The molecular weight excluding hydrogens is 213 g/mol. The van der Waals surface area contributed by atoms with Crippen molar-refractivity contribution in [3.05, 3.63) is 29.6 Å². The molecule has 0 aromatic heterocycles. The van der Waals surface area contributed by atoms with E-state index in [1.807, 2.05) is 0 Å². The van der Waals surface area contributed by atoms with Crippen molar-refractivity contribution in [2.24, 2.45) is 5.92 Å². The summed E-state index contributed by atoms with van der Waals surface area (Å²) < 4.78 is 13.4. The van der Waals surface area contributed by atoms with E-state index in [1.54, 1.807) is 13.8 Å². The molecule has 0 saturated carbocycles.